The van der Waals surface area contributed by atoms with Crippen LogP contribution in [-0.2, 0) is 6.42 Å². The van der Waals surface area contributed by atoms with E-state index in [0.717, 1.165) is 35.1 Å². The van der Waals surface area contributed by atoms with Crippen LogP contribution in [0.1, 0.15) is 51.5 Å². The van der Waals surface area contributed by atoms with E-state index in [2.05, 4.69) is 35.9 Å². The second kappa shape index (κ2) is 12.1. The summed E-state index contributed by atoms with van der Waals surface area (Å²) in [6.07, 6.45) is 9.10. The summed E-state index contributed by atoms with van der Waals surface area (Å²) in [5.74, 6) is 1.72. The summed E-state index contributed by atoms with van der Waals surface area (Å²) < 4.78 is 11.7. The molecule has 0 aliphatic carbocycles. The number of likely N-dealkylation sites (tertiary alicyclic amines) is 1. The van der Waals surface area contributed by atoms with E-state index in [-0.39, 0.29) is 5.48 Å². The minimum atomic E-state index is 0. The highest BCUT2D eigenvalue weighted by molar-refractivity contribution is 6.08. The average Bonchev–Trinajstić information content (AvgIpc) is 3.27. The molecule has 0 radical (unpaired) electrons. The van der Waals surface area contributed by atoms with Crippen LogP contribution in [0.25, 0.3) is 10.8 Å². The molecule has 0 saturated carbocycles. The number of methoxy groups -OCH3 is 1. The van der Waals surface area contributed by atoms with Crippen molar-refractivity contribution < 1.29 is 14.6 Å². The van der Waals surface area contributed by atoms with Gasteiger partial charge in [-0.15, -0.1) is 0 Å². The molecule has 1 aromatic heterocycles. The zero-order valence-electron chi connectivity index (χ0n) is 21.5. The molecule has 2 aromatic carbocycles. The van der Waals surface area contributed by atoms with Crippen LogP contribution in [0.4, 0.5) is 11.6 Å². The van der Waals surface area contributed by atoms with Gasteiger partial charge in [0, 0.05) is 29.9 Å². The van der Waals surface area contributed by atoms with E-state index in [1.165, 1.54) is 37.8 Å². The Labute approximate surface area is 208 Å². The summed E-state index contributed by atoms with van der Waals surface area (Å²) in [6.45, 7) is 5.92. The maximum atomic E-state index is 6.39. The molecule has 2 atom stereocenters. The van der Waals surface area contributed by atoms with E-state index < -0.39 is 0 Å². The number of hydrogen-bond acceptors (Lipinski definition) is 4. The fourth-order valence-corrected chi connectivity index (χ4v) is 5.19. The Morgan fingerprint density at radius 2 is 1.89 bits per heavy atom. The van der Waals surface area contributed by atoms with E-state index in [1.54, 1.807) is 20.4 Å². The molecule has 0 bridgehead atoms. The lowest BCUT2D eigenvalue weighted by molar-refractivity contribution is 0.101. The van der Waals surface area contributed by atoms with Gasteiger partial charge in [-0.05, 0) is 76.3 Å². The molecule has 1 fully saturated rings. The van der Waals surface area contributed by atoms with Crippen molar-refractivity contribution >= 4 is 28.3 Å². The van der Waals surface area contributed by atoms with Gasteiger partial charge in [-0.1, -0.05) is 30.7 Å². The molecule has 4 N–H and O–H groups in total. The van der Waals surface area contributed by atoms with Gasteiger partial charge in [0.05, 0.1) is 12.8 Å². The lowest BCUT2D eigenvalue weighted by Crippen LogP contribution is -2.44. The SMILES string of the molecule is CN=C(N)N(c1cc(CCCCN2C(C)CCCC2C)ccc1OC)c1occ2ccccc12.O. The van der Waals surface area contributed by atoms with Gasteiger partial charge in [0.1, 0.15) is 12.0 Å². The van der Waals surface area contributed by atoms with Crippen LogP contribution in [0.5, 0.6) is 5.75 Å². The number of hydrogen-bond donors (Lipinski definition) is 1. The average molecular weight is 481 g/mol. The van der Waals surface area contributed by atoms with Gasteiger partial charge >= 0.3 is 0 Å². The monoisotopic (exact) mass is 480 g/mol. The Morgan fingerprint density at radius 3 is 2.60 bits per heavy atom. The number of nitrogens with zero attached hydrogens (tertiary/aromatic N) is 3. The number of ether oxygens (including phenoxy) is 1. The number of benzene rings is 2. The van der Waals surface area contributed by atoms with Crippen LogP contribution >= 0.6 is 0 Å². The molecule has 0 amide bonds. The van der Waals surface area contributed by atoms with Gasteiger partial charge in [-0.2, -0.15) is 0 Å². The Balaban J connectivity index is 0.00000342. The minimum Gasteiger partial charge on any atom is -0.495 e. The van der Waals surface area contributed by atoms with Crippen molar-refractivity contribution in [1.82, 2.24) is 4.90 Å². The maximum Gasteiger partial charge on any atom is 0.214 e. The van der Waals surface area contributed by atoms with Gasteiger partial charge in [-0.25, -0.2) is 4.90 Å². The second-order valence-corrected chi connectivity index (χ2v) is 9.38. The number of guanidine groups is 1. The molecule has 7 heteroatoms. The zero-order chi connectivity index (χ0) is 24.1. The predicted molar refractivity (Wildman–Crippen MR) is 145 cm³/mol. The highest BCUT2D eigenvalue weighted by atomic mass is 16.5. The van der Waals surface area contributed by atoms with Crippen LogP contribution in [0.3, 0.4) is 0 Å². The number of furan rings is 1. The maximum absolute atomic E-state index is 6.39. The molecule has 1 saturated heterocycles. The van der Waals surface area contributed by atoms with Gasteiger partial charge in [0.2, 0.25) is 11.8 Å². The minimum absolute atomic E-state index is 0. The normalized spacial score (nSPS) is 18.9. The van der Waals surface area contributed by atoms with Crippen molar-refractivity contribution in [3.63, 3.8) is 0 Å². The van der Waals surface area contributed by atoms with Crippen molar-refractivity contribution in [3.05, 3.63) is 54.3 Å². The first kappa shape index (κ1) is 26.6. The molecular weight excluding hydrogens is 440 g/mol. The lowest BCUT2D eigenvalue weighted by atomic mass is 9.97. The van der Waals surface area contributed by atoms with Gasteiger partial charge < -0.3 is 20.4 Å². The van der Waals surface area contributed by atoms with Gasteiger partial charge in [0.15, 0.2) is 0 Å². The number of aliphatic imine (C=N–C) groups is 1. The van der Waals surface area contributed by atoms with Crippen LogP contribution in [-0.4, -0.2) is 49.1 Å². The Morgan fingerprint density at radius 1 is 1.14 bits per heavy atom. The number of anilines is 2. The third-order valence-electron chi connectivity index (χ3n) is 7.14. The molecule has 1 aliphatic heterocycles. The molecule has 3 aromatic rings. The lowest BCUT2D eigenvalue weighted by Gasteiger charge is -2.39. The fourth-order valence-electron chi connectivity index (χ4n) is 5.19. The number of piperidine rings is 1. The van der Waals surface area contributed by atoms with E-state index in [4.69, 9.17) is 14.9 Å². The molecule has 2 heterocycles. The van der Waals surface area contributed by atoms with E-state index in [9.17, 15) is 0 Å². The van der Waals surface area contributed by atoms with E-state index >= 15 is 0 Å². The summed E-state index contributed by atoms with van der Waals surface area (Å²) in [5, 5.41) is 1.99. The quantitative estimate of drug-likeness (QED) is 0.268. The number of aryl methyl sites for hydroxylation is 1. The van der Waals surface area contributed by atoms with Crippen LogP contribution in [0.2, 0.25) is 0 Å². The molecule has 7 nitrogen and oxygen atoms in total. The molecule has 190 valence electrons. The first-order valence-electron chi connectivity index (χ1n) is 12.4. The van der Waals surface area contributed by atoms with Gasteiger partial charge in [0.25, 0.3) is 0 Å². The molecule has 4 rings (SSSR count). The van der Waals surface area contributed by atoms with Crippen molar-refractivity contribution in [3.8, 4) is 5.75 Å². The number of nitrogens with two attached hydrogens (primary N) is 1. The summed E-state index contributed by atoms with van der Waals surface area (Å²) in [4.78, 5) is 8.81. The third-order valence-corrected chi connectivity index (χ3v) is 7.14. The molecule has 35 heavy (non-hydrogen) atoms. The highest BCUT2D eigenvalue weighted by Crippen LogP contribution is 2.39. The predicted octanol–water partition coefficient (Wildman–Crippen LogP) is 5.28. The Kier molecular flexibility index (Phi) is 9.18. The van der Waals surface area contributed by atoms with Gasteiger partial charge in [-0.3, -0.25) is 9.89 Å². The second-order valence-electron chi connectivity index (χ2n) is 9.38. The first-order valence-corrected chi connectivity index (χ1v) is 12.4. The molecule has 2 unspecified atom stereocenters. The number of unbranched alkanes of at least 4 members (excludes halogenated alkanes) is 1. The van der Waals surface area contributed by atoms with Crippen LogP contribution < -0.4 is 15.4 Å². The van der Waals surface area contributed by atoms with Crippen molar-refractivity contribution in [2.24, 2.45) is 10.7 Å². The number of fused-ring (bicyclic) bond motifs is 1. The zero-order valence-corrected chi connectivity index (χ0v) is 21.5. The molecule has 0 spiro atoms. The summed E-state index contributed by atoms with van der Waals surface area (Å²) in [5.41, 5.74) is 8.48. The Bertz CT molecular complexity index is 1120. The van der Waals surface area contributed by atoms with E-state index in [1.807, 2.05) is 35.2 Å². The summed E-state index contributed by atoms with van der Waals surface area (Å²) >= 11 is 0. The summed E-state index contributed by atoms with van der Waals surface area (Å²) in [6, 6.07) is 15.8. The summed E-state index contributed by atoms with van der Waals surface area (Å²) in [7, 11) is 3.36. The van der Waals surface area contributed by atoms with Crippen molar-refractivity contribution in [2.75, 3.05) is 25.6 Å². The van der Waals surface area contributed by atoms with E-state index in [0.29, 0.717) is 23.9 Å². The Hall–Kier alpha value is -3.03. The smallest absolute Gasteiger partial charge is 0.214 e. The highest BCUT2D eigenvalue weighted by Gasteiger charge is 2.25. The molecular formula is C28H40N4O3. The van der Waals surface area contributed by atoms with Crippen molar-refractivity contribution in [1.29, 1.82) is 0 Å². The fraction of sp³-hybridized carbons (Fsp3) is 0.464. The molecule has 1 aliphatic rings. The largest absolute Gasteiger partial charge is 0.495 e. The topological polar surface area (TPSA) is 98.7 Å². The number of rotatable bonds is 8. The first-order chi connectivity index (χ1) is 16.5. The third kappa shape index (κ3) is 5.80. The van der Waals surface area contributed by atoms with Crippen LogP contribution in [0, 0.1) is 0 Å². The standard InChI is InChI=1S/C28H38N4O2.H2O/c1-20-10-9-11-21(2)31(20)17-8-7-12-22-15-16-26(33-4)25(18-22)32(28(29)30-3)27-24-14-6-5-13-23(24)19-34-27;/h5-6,13-16,18-21H,7-12,17H2,1-4H3,(H2,29,30);1H2. The van der Waals surface area contributed by atoms with Crippen LogP contribution in [0.15, 0.2) is 58.1 Å². The van der Waals surface area contributed by atoms with Crippen molar-refractivity contribution in [2.45, 2.75) is 64.5 Å².